The predicted octanol–water partition coefficient (Wildman–Crippen LogP) is 2.27. The van der Waals surface area contributed by atoms with Crippen LogP contribution in [0.15, 0.2) is 18.2 Å². The van der Waals surface area contributed by atoms with Crippen LogP contribution < -0.4 is 10.5 Å². The van der Waals surface area contributed by atoms with Crippen molar-refractivity contribution in [2.24, 2.45) is 5.73 Å². The van der Waals surface area contributed by atoms with E-state index in [4.69, 9.17) is 15.2 Å². The molecule has 0 saturated carbocycles. The molecule has 18 heavy (non-hydrogen) atoms. The van der Waals surface area contributed by atoms with E-state index in [1.165, 1.54) is 6.07 Å². The number of hydrogen-bond donors (Lipinski definition) is 1. The van der Waals surface area contributed by atoms with Crippen LogP contribution in [0.1, 0.15) is 24.8 Å². The van der Waals surface area contributed by atoms with Gasteiger partial charge >= 0.3 is 0 Å². The minimum Gasteiger partial charge on any atom is -0.488 e. The second-order valence-corrected chi connectivity index (χ2v) is 4.57. The first kappa shape index (κ1) is 13.3. The highest BCUT2D eigenvalue weighted by Crippen LogP contribution is 2.24. The van der Waals surface area contributed by atoms with Gasteiger partial charge in [0, 0.05) is 6.61 Å². The van der Waals surface area contributed by atoms with Gasteiger partial charge in [-0.25, -0.2) is 4.39 Å². The number of rotatable bonds is 5. The van der Waals surface area contributed by atoms with Gasteiger partial charge in [0.15, 0.2) is 11.6 Å². The Morgan fingerprint density at radius 1 is 1.39 bits per heavy atom. The maximum Gasteiger partial charge on any atom is 0.165 e. The summed E-state index contributed by atoms with van der Waals surface area (Å²) in [6, 6.07) is 4.95. The maximum atomic E-state index is 13.7. The van der Waals surface area contributed by atoms with E-state index in [1.54, 1.807) is 6.07 Å². The van der Waals surface area contributed by atoms with Gasteiger partial charge in [0.05, 0.1) is 6.10 Å². The molecule has 1 fully saturated rings. The molecule has 0 amide bonds. The summed E-state index contributed by atoms with van der Waals surface area (Å²) in [7, 11) is 0. The molecule has 0 spiro atoms. The summed E-state index contributed by atoms with van der Waals surface area (Å²) in [5.41, 5.74) is 6.34. The van der Waals surface area contributed by atoms with Gasteiger partial charge in [0.1, 0.15) is 6.61 Å². The third kappa shape index (κ3) is 3.43. The average Bonchev–Trinajstić information content (AvgIpc) is 2.40. The van der Waals surface area contributed by atoms with Crippen molar-refractivity contribution < 1.29 is 13.9 Å². The van der Waals surface area contributed by atoms with Crippen LogP contribution in [0, 0.1) is 5.82 Å². The summed E-state index contributed by atoms with van der Waals surface area (Å²) in [4.78, 5) is 0. The van der Waals surface area contributed by atoms with E-state index in [0.717, 1.165) is 31.4 Å². The van der Waals surface area contributed by atoms with Crippen LogP contribution in [0.5, 0.6) is 5.75 Å². The lowest BCUT2D eigenvalue weighted by molar-refractivity contribution is -0.0119. The fraction of sp³-hybridized carbons (Fsp3) is 0.571. The summed E-state index contributed by atoms with van der Waals surface area (Å²) < 4.78 is 24.9. The zero-order chi connectivity index (χ0) is 12.8. The van der Waals surface area contributed by atoms with Gasteiger partial charge < -0.3 is 15.2 Å². The van der Waals surface area contributed by atoms with Crippen LogP contribution in [-0.4, -0.2) is 25.9 Å². The average molecular weight is 253 g/mol. The zero-order valence-corrected chi connectivity index (χ0v) is 10.5. The smallest absolute Gasteiger partial charge is 0.165 e. The Kier molecular flexibility index (Phi) is 4.96. The van der Waals surface area contributed by atoms with Gasteiger partial charge in [-0.2, -0.15) is 0 Å². The van der Waals surface area contributed by atoms with Crippen molar-refractivity contribution in [2.75, 3.05) is 19.8 Å². The lowest BCUT2D eigenvalue weighted by atomic mass is 10.1. The topological polar surface area (TPSA) is 44.5 Å². The van der Waals surface area contributed by atoms with E-state index in [1.807, 2.05) is 6.07 Å². The highest BCUT2D eigenvalue weighted by molar-refractivity contribution is 5.35. The van der Waals surface area contributed by atoms with Crippen LogP contribution in [0.2, 0.25) is 0 Å². The standard InChI is InChI=1S/C14H20FNO2/c15-13-6-3-4-11(7-8-16)14(13)18-10-12-5-1-2-9-17-12/h3-4,6,12H,1-2,5,7-10,16H2. The quantitative estimate of drug-likeness (QED) is 0.875. The Morgan fingerprint density at radius 2 is 2.28 bits per heavy atom. The second kappa shape index (κ2) is 6.71. The zero-order valence-electron chi connectivity index (χ0n) is 10.5. The monoisotopic (exact) mass is 253 g/mol. The summed E-state index contributed by atoms with van der Waals surface area (Å²) in [5.74, 6) is 0.00822. The molecule has 1 atom stereocenters. The van der Waals surface area contributed by atoms with E-state index >= 15 is 0 Å². The van der Waals surface area contributed by atoms with Crippen LogP contribution in [0.3, 0.4) is 0 Å². The van der Waals surface area contributed by atoms with E-state index in [2.05, 4.69) is 0 Å². The van der Waals surface area contributed by atoms with Crippen LogP contribution in [0.4, 0.5) is 4.39 Å². The van der Waals surface area contributed by atoms with Gasteiger partial charge in [-0.3, -0.25) is 0 Å². The molecule has 0 bridgehead atoms. The largest absolute Gasteiger partial charge is 0.488 e. The predicted molar refractivity (Wildman–Crippen MR) is 68.2 cm³/mol. The van der Waals surface area contributed by atoms with Gasteiger partial charge in [0.2, 0.25) is 0 Å². The van der Waals surface area contributed by atoms with Gasteiger partial charge in [-0.1, -0.05) is 12.1 Å². The SMILES string of the molecule is NCCc1cccc(F)c1OCC1CCCCO1. The third-order valence-electron chi connectivity index (χ3n) is 3.15. The lowest BCUT2D eigenvalue weighted by Crippen LogP contribution is -2.26. The first-order chi connectivity index (χ1) is 8.81. The Labute approximate surface area is 107 Å². The van der Waals surface area contributed by atoms with E-state index in [0.29, 0.717) is 25.3 Å². The van der Waals surface area contributed by atoms with Crippen molar-refractivity contribution >= 4 is 0 Å². The fourth-order valence-electron chi connectivity index (χ4n) is 2.18. The molecule has 0 aromatic heterocycles. The van der Waals surface area contributed by atoms with E-state index < -0.39 is 0 Å². The highest BCUT2D eigenvalue weighted by atomic mass is 19.1. The number of para-hydroxylation sites is 1. The molecule has 1 unspecified atom stereocenters. The van der Waals surface area contributed by atoms with Crippen molar-refractivity contribution in [3.05, 3.63) is 29.6 Å². The molecule has 1 aromatic carbocycles. The van der Waals surface area contributed by atoms with Gasteiger partial charge in [-0.05, 0) is 43.9 Å². The summed E-state index contributed by atoms with van der Waals surface area (Å²) >= 11 is 0. The number of halogens is 1. The third-order valence-corrected chi connectivity index (χ3v) is 3.15. The summed E-state index contributed by atoms with van der Waals surface area (Å²) in [6.07, 6.45) is 3.96. The number of hydrogen-bond acceptors (Lipinski definition) is 3. The van der Waals surface area contributed by atoms with Crippen LogP contribution in [-0.2, 0) is 11.2 Å². The molecule has 1 saturated heterocycles. The first-order valence-electron chi connectivity index (χ1n) is 6.53. The molecule has 2 rings (SSSR count). The molecule has 3 nitrogen and oxygen atoms in total. The fourth-order valence-corrected chi connectivity index (χ4v) is 2.18. The minimum atomic E-state index is -0.322. The molecule has 1 aliphatic heterocycles. The van der Waals surface area contributed by atoms with Crippen LogP contribution >= 0.6 is 0 Å². The molecule has 1 aromatic rings. The number of benzene rings is 1. The van der Waals surface area contributed by atoms with Crippen molar-refractivity contribution in [3.63, 3.8) is 0 Å². The van der Waals surface area contributed by atoms with E-state index in [9.17, 15) is 4.39 Å². The number of ether oxygens (including phenoxy) is 2. The van der Waals surface area contributed by atoms with Gasteiger partial charge in [-0.15, -0.1) is 0 Å². The number of nitrogens with two attached hydrogens (primary N) is 1. The molecule has 0 aliphatic carbocycles. The normalized spacial score (nSPS) is 19.8. The molecule has 1 heterocycles. The van der Waals surface area contributed by atoms with Crippen molar-refractivity contribution in [1.82, 2.24) is 0 Å². The molecule has 4 heteroatoms. The maximum absolute atomic E-state index is 13.7. The lowest BCUT2D eigenvalue weighted by Gasteiger charge is -2.23. The van der Waals surface area contributed by atoms with E-state index in [-0.39, 0.29) is 11.9 Å². The molecular weight excluding hydrogens is 233 g/mol. The van der Waals surface area contributed by atoms with Crippen molar-refractivity contribution in [3.8, 4) is 5.75 Å². The summed E-state index contributed by atoms with van der Waals surface area (Å²) in [6.45, 7) is 1.68. The molecular formula is C14H20FNO2. The van der Waals surface area contributed by atoms with Crippen molar-refractivity contribution in [1.29, 1.82) is 0 Å². The van der Waals surface area contributed by atoms with Crippen molar-refractivity contribution in [2.45, 2.75) is 31.8 Å². The summed E-state index contributed by atoms with van der Waals surface area (Å²) in [5, 5.41) is 0. The minimum absolute atomic E-state index is 0.0871. The van der Waals surface area contributed by atoms with Crippen LogP contribution in [0.25, 0.3) is 0 Å². The molecule has 1 aliphatic rings. The first-order valence-corrected chi connectivity index (χ1v) is 6.53. The molecule has 0 radical (unpaired) electrons. The Bertz CT molecular complexity index is 378. The Hall–Kier alpha value is -1.13. The Morgan fingerprint density at radius 3 is 3.00 bits per heavy atom. The van der Waals surface area contributed by atoms with Gasteiger partial charge in [0.25, 0.3) is 0 Å². The molecule has 2 N–H and O–H groups in total. The molecule has 100 valence electrons. The Balaban J connectivity index is 1.98. The highest BCUT2D eigenvalue weighted by Gasteiger charge is 2.16. The second-order valence-electron chi connectivity index (χ2n) is 4.57.